The molecule has 0 aliphatic carbocycles. The van der Waals surface area contributed by atoms with Crippen LogP contribution in [-0.4, -0.2) is 17.2 Å². The zero-order valence-electron chi connectivity index (χ0n) is 11.0. The predicted octanol–water partition coefficient (Wildman–Crippen LogP) is 2.41. The van der Waals surface area contributed by atoms with Crippen molar-refractivity contribution in [1.82, 2.24) is 9.88 Å². The molecule has 1 N–H and O–H groups in total. The predicted molar refractivity (Wildman–Crippen MR) is 72.3 cm³/mol. The van der Waals surface area contributed by atoms with Crippen LogP contribution in [0.3, 0.4) is 0 Å². The number of nitrogens with zero attached hydrogens (tertiary/aromatic N) is 1. The highest BCUT2D eigenvalue weighted by Crippen LogP contribution is 2.02. The Balaban J connectivity index is 2.19. The van der Waals surface area contributed by atoms with Gasteiger partial charge in [0.2, 0.25) is 0 Å². The van der Waals surface area contributed by atoms with E-state index in [1.54, 1.807) is 16.7 Å². The molecule has 0 bridgehead atoms. The third-order valence-corrected chi connectivity index (χ3v) is 2.99. The summed E-state index contributed by atoms with van der Waals surface area (Å²) in [5.74, 6) is 0. The first-order valence-corrected chi connectivity index (χ1v) is 6.63. The third-order valence-electron chi connectivity index (χ3n) is 2.99. The fraction of sp³-hybridized carbons (Fsp3) is 0.643. The Kier molecular flexibility index (Phi) is 6.63. The molecule has 0 radical (unpaired) electrons. The van der Waals surface area contributed by atoms with Crippen LogP contribution < -0.4 is 10.9 Å². The highest BCUT2D eigenvalue weighted by Gasteiger charge is 2.00. The summed E-state index contributed by atoms with van der Waals surface area (Å²) in [5, 5.41) is 3.46. The van der Waals surface area contributed by atoms with E-state index in [1.807, 2.05) is 12.3 Å². The van der Waals surface area contributed by atoms with Gasteiger partial charge in [-0.25, -0.2) is 0 Å². The number of unbranched alkanes of at least 4 members (excludes halogenated alkanes) is 2. The molecule has 17 heavy (non-hydrogen) atoms. The summed E-state index contributed by atoms with van der Waals surface area (Å²) < 4.78 is 1.74. The summed E-state index contributed by atoms with van der Waals surface area (Å²) in [4.78, 5) is 11.4. The van der Waals surface area contributed by atoms with Crippen LogP contribution in [-0.2, 0) is 6.54 Å². The van der Waals surface area contributed by atoms with Crippen molar-refractivity contribution in [1.29, 1.82) is 0 Å². The van der Waals surface area contributed by atoms with E-state index in [0.29, 0.717) is 6.04 Å². The zero-order chi connectivity index (χ0) is 12.5. The van der Waals surface area contributed by atoms with Gasteiger partial charge in [0.25, 0.3) is 5.56 Å². The van der Waals surface area contributed by atoms with Gasteiger partial charge in [0.15, 0.2) is 0 Å². The Bertz CT molecular complexity index is 359. The molecule has 0 amide bonds. The van der Waals surface area contributed by atoms with Gasteiger partial charge in [-0.05, 0) is 19.4 Å². The topological polar surface area (TPSA) is 34.0 Å². The number of hydrogen-bond acceptors (Lipinski definition) is 2. The fourth-order valence-corrected chi connectivity index (χ4v) is 1.88. The van der Waals surface area contributed by atoms with Crippen molar-refractivity contribution >= 4 is 0 Å². The second-order valence-electron chi connectivity index (χ2n) is 4.58. The molecule has 0 saturated heterocycles. The van der Waals surface area contributed by atoms with Crippen LogP contribution in [0.15, 0.2) is 29.2 Å². The van der Waals surface area contributed by atoms with Crippen LogP contribution >= 0.6 is 0 Å². The van der Waals surface area contributed by atoms with Gasteiger partial charge in [-0.3, -0.25) is 4.79 Å². The summed E-state index contributed by atoms with van der Waals surface area (Å²) in [6, 6.07) is 5.82. The second kappa shape index (κ2) is 8.07. The molecule has 1 atom stereocenters. The van der Waals surface area contributed by atoms with E-state index in [4.69, 9.17) is 0 Å². The number of rotatable bonds is 8. The number of pyridine rings is 1. The third kappa shape index (κ3) is 5.68. The lowest BCUT2D eigenvalue weighted by Crippen LogP contribution is -2.31. The molecule has 0 spiro atoms. The van der Waals surface area contributed by atoms with Gasteiger partial charge in [-0.15, -0.1) is 0 Å². The maximum atomic E-state index is 11.4. The fourth-order valence-electron chi connectivity index (χ4n) is 1.88. The van der Waals surface area contributed by atoms with Crippen LogP contribution in [0, 0.1) is 0 Å². The van der Waals surface area contributed by atoms with Crippen LogP contribution in [0.4, 0.5) is 0 Å². The van der Waals surface area contributed by atoms with Gasteiger partial charge < -0.3 is 9.88 Å². The minimum absolute atomic E-state index is 0.0768. The van der Waals surface area contributed by atoms with Crippen molar-refractivity contribution in [3.63, 3.8) is 0 Å². The molecule has 0 aliphatic rings. The van der Waals surface area contributed by atoms with E-state index in [2.05, 4.69) is 19.2 Å². The number of nitrogens with one attached hydrogen (secondary N) is 1. The molecule has 1 unspecified atom stereocenters. The van der Waals surface area contributed by atoms with E-state index < -0.39 is 0 Å². The summed E-state index contributed by atoms with van der Waals surface area (Å²) in [7, 11) is 0. The lowest BCUT2D eigenvalue weighted by Gasteiger charge is -2.14. The molecule has 1 aromatic heterocycles. The molecule has 0 aromatic carbocycles. The number of hydrogen-bond donors (Lipinski definition) is 1. The van der Waals surface area contributed by atoms with E-state index in [9.17, 15) is 4.79 Å². The molecule has 3 heteroatoms. The van der Waals surface area contributed by atoms with E-state index in [-0.39, 0.29) is 5.56 Å². The first kappa shape index (κ1) is 14.0. The van der Waals surface area contributed by atoms with Crippen LogP contribution in [0.5, 0.6) is 0 Å². The average Bonchev–Trinajstić information content (AvgIpc) is 2.32. The molecule has 0 saturated carbocycles. The minimum atomic E-state index is 0.0768. The Labute approximate surface area is 104 Å². The Hall–Kier alpha value is -1.09. The lowest BCUT2D eigenvalue weighted by atomic mass is 10.1. The van der Waals surface area contributed by atoms with Crippen LogP contribution in [0.1, 0.15) is 39.5 Å². The maximum absolute atomic E-state index is 11.4. The summed E-state index contributed by atoms with van der Waals surface area (Å²) in [6.07, 6.45) is 6.93. The molecule has 0 aliphatic heterocycles. The zero-order valence-corrected chi connectivity index (χ0v) is 11.0. The van der Waals surface area contributed by atoms with Crippen molar-refractivity contribution in [2.45, 2.75) is 52.1 Å². The normalized spacial score (nSPS) is 12.6. The van der Waals surface area contributed by atoms with Crippen molar-refractivity contribution < 1.29 is 0 Å². The smallest absolute Gasteiger partial charge is 0.250 e. The largest absolute Gasteiger partial charge is 0.314 e. The van der Waals surface area contributed by atoms with E-state index in [0.717, 1.165) is 13.1 Å². The van der Waals surface area contributed by atoms with Crippen LogP contribution in [0.25, 0.3) is 0 Å². The Morgan fingerprint density at radius 1 is 1.35 bits per heavy atom. The Morgan fingerprint density at radius 3 is 2.88 bits per heavy atom. The first-order chi connectivity index (χ1) is 8.24. The second-order valence-corrected chi connectivity index (χ2v) is 4.58. The maximum Gasteiger partial charge on any atom is 0.250 e. The highest BCUT2D eigenvalue weighted by molar-refractivity contribution is 4.93. The van der Waals surface area contributed by atoms with Crippen molar-refractivity contribution in [3.05, 3.63) is 34.7 Å². The van der Waals surface area contributed by atoms with Crippen molar-refractivity contribution in [2.75, 3.05) is 6.54 Å². The SMILES string of the molecule is CCCCCC(C)NCCn1ccccc1=O. The molecule has 1 heterocycles. The highest BCUT2D eigenvalue weighted by atomic mass is 16.1. The number of aromatic nitrogens is 1. The molecule has 1 aromatic rings. The summed E-state index contributed by atoms with van der Waals surface area (Å²) in [5.41, 5.74) is 0.0768. The summed E-state index contributed by atoms with van der Waals surface area (Å²) >= 11 is 0. The van der Waals surface area contributed by atoms with Gasteiger partial charge >= 0.3 is 0 Å². The minimum Gasteiger partial charge on any atom is -0.314 e. The van der Waals surface area contributed by atoms with Gasteiger partial charge in [-0.2, -0.15) is 0 Å². The Morgan fingerprint density at radius 2 is 2.18 bits per heavy atom. The van der Waals surface area contributed by atoms with E-state index >= 15 is 0 Å². The lowest BCUT2D eigenvalue weighted by molar-refractivity contribution is 0.467. The van der Waals surface area contributed by atoms with E-state index in [1.165, 1.54) is 25.7 Å². The van der Waals surface area contributed by atoms with Crippen molar-refractivity contribution in [2.24, 2.45) is 0 Å². The monoisotopic (exact) mass is 236 g/mol. The molecule has 3 nitrogen and oxygen atoms in total. The molecular formula is C14H24N2O. The molecule has 1 rings (SSSR count). The average molecular weight is 236 g/mol. The molecule has 0 fully saturated rings. The van der Waals surface area contributed by atoms with Crippen LogP contribution in [0.2, 0.25) is 0 Å². The van der Waals surface area contributed by atoms with Gasteiger partial charge in [0, 0.05) is 31.4 Å². The quantitative estimate of drug-likeness (QED) is 0.703. The summed E-state index contributed by atoms with van der Waals surface area (Å²) in [6.45, 7) is 6.04. The molecule has 96 valence electrons. The van der Waals surface area contributed by atoms with Gasteiger partial charge in [-0.1, -0.05) is 32.3 Å². The van der Waals surface area contributed by atoms with Gasteiger partial charge in [0.1, 0.15) is 0 Å². The van der Waals surface area contributed by atoms with Gasteiger partial charge in [0.05, 0.1) is 0 Å². The van der Waals surface area contributed by atoms with Crippen molar-refractivity contribution in [3.8, 4) is 0 Å². The molecular weight excluding hydrogens is 212 g/mol. The standard InChI is InChI=1S/C14H24N2O/c1-3-4-5-8-13(2)15-10-12-16-11-7-6-9-14(16)17/h6-7,9,11,13,15H,3-5,8,10,12H2,1-2H3. The first-order valence-electron chi connectivity index (χ1n) is 6.63.